The number of anilines is 1. The quantitative estimate of drug-likeness (QED) is 0.644. The van der Waals surface area contributed by atoms with Crippen LogP contribution in [0.1, 0.15) is 0 Å². The molecule has 0 radical (unpaired) electrons. The first kappa shape index (κ1) is 8.21. The van der Waals surface area contributed by atoms with E-state index in [-0.39, 0.29) is 12.4 Å². The highest BCUT2D eigenvalue weighted by Crippen LogP contribution is 2.25. The zero-order valence-corrected chi connectivity index (χ0v) is 6.86. The molecule has 1 aromatic rings. The molecule has 11 heavy (non-hydrogen) atoms. The Bertz CT molecular complexity index is 214. The maximum Gasteiger partial charge on any atom is 0.142 e. The molecule has 2 rings (SSSR count). The summed E-state index contributed by atoms with van der Waals surface area (Å²) in [5.74, 6) is 0.966. The van der Waals surface area contributed by atoms with E-state index in [1.165, 1.54) is 0 Å². The Morgan fingerprint density at radius 1 is 1.27 bits per heavy atom. The van der Waals surface area contributed by atoms with Gasteiger partial charge < -0.3 is 10.1 Å². The molecule has 0 aliphatic carbocycles. The SMILES string of the molecule is Cl.c1ccc2c(c1)NCCO2. The molecule has 3 heteroatoms. The van der Waals surface area contributed by atoms with Crippen molar-refractivity contribution < 1.29 is 4.74 Å². The number of hydrogen-bond acceptors (Lipinski definition) is 2. The molecule has 0 bridgehead atoms. The highest BCUT2D eigenvalue weighted by Gasteiger charge is 2.05. The van der Waals surface area contributed by atoms with Gasteiger partial charge in [-0.1, -0.05) is 12.1 Å². The molecule has 0 unspecified atom stereocenters. The summed E-state index contributed by atoms with van der Waals surface area (Å²) in [5.41, 5.74) is 1.11. The molecule has 0 saturated heterocycles. The van der Waals surface area contributed by atoms with Crippen molar-refractivity contribution in [1.82, 2.24) is 0 Å². The van der Waals surface area contributed by atoms with Crippen LogP contribution in [-0.2, 0) is 0 Å². The first-order chi connectivity index (χ1) is 4.97. The van der Waals surface area contributed by atoms with Crippen LogP contribution in [0.3, 0.4) is 0 Å². The second kappa shape index (κ2) is 3.49. The summed E-state index contributed by atoms with van der Waals surface area (Å²) in [4.78, 5) is 0. The van der Waals surface area contributed by atoms with Crippen molar-refractivity contribution in [3.8, 4) is 5.75 Å². The molecular formula is C8H10ClNO. The Balaban J connectivity index is 0.000000605. The molecule has 0 saturated carbocycles. The lowest BCUT2D eigenvalue weighted by Gasteiger charge is -2.17. The summed E-state index contributed by atoms with van der Waals surface area (Å²) >= 11 is 0. The Labute approximate surface area is 72.0 Å². The van der Waals surface area contributed by atoms with Gasteiger partial charge in [0.2, 0.25) is 0 Å². The van der Waals surface area contributed by atoms with E-state index < -0.39 is 0 Å². The second-order valence-electron chi connectivity index (χ2n) is 2.27. The third-order valence-electron chi connectivity index (χ3n) is 1.56. The summed E-state index contributed by atoms with van der Waals surface area (Å²) < 4.78 is 5.36. The van der Waals surface area contributed by atoms with Crippen molar-refractivity contribution in [3.05, 3.63) is 24.3 Å². The number of ether oxygens (including phenoxy) is 1. The van der Waals surface area contributed by atoms with E-state index in [1.54, 1.807) is 0 Å². The topological polar surface area (TPSA) is 21.3 Å². The highest BCUT2D eigenvalue weighted by atomic mass is 35.5. The van der Waals surface area contributed by atoms with Gasteiger partial charge >= 0.3 is 0 Å². The van der Waals surface area contributed by atoms with Gasteiger partial charge in [0.15, 0.2) is 0 Å². The second-order valence-corrected chi connectivity index (χ2v) is 2.27. The zero-order valence-electron chi connectivity index (χ0n) is 6.04. The number of fused-ring (bicyclic) bond motifs is 1. The monoisotopic (exact) mass is 171 g/mol. The summed E-state index contributed by atoms with van der Waals surface area (Å²) in [7, 11) is 0. The molecule has 2 nitrogen and oxygen atoms in total. The van der Waals surface area contributed by atoms with Gasteiger partial charge in [0.1, 0.15) is 12.4 Å². The molecule has 0 amide bonds. The van der Waals surface area contributed by atoms with Gasteiger partial charge in [0.25, 0.3) is 0 Å². The summed E-state index contributed by atoms with van der Waals surface area (Å²) in [6.07, 6.45) is 0. The van der Waals surface area contributed by atoms with Crippen LogP contribution >= 0.6 is 12.4 Å². The lowest BCUT2D eigenvalue weighted by atomic mass is 10.3. The van der Waals surface area contributed by atoms with E-state index in [0.29, 0.717) is 0 Å². The summed E-state index contributed by atoms with van der Waals surface area (Å²) in [5, 5.41) is 3.24. The first-order valence-corrected chi connectivity index (χ1v) is 3.42. The number of benzene rings is 1. The number of nitrogens with one attached hydrogen (secondary N) is 1. The lowest BCUT2D eigenvalue weighted by molar-refractivity contribution is 0.323. The Morgan fingerprint density at radius 3 is 2.91 bits per heavy atom. The molecule has 0 atom stereocenters. The van der Waals surface area contributed by atoms with Crippen molar-refractivity contribution in [2.24, 2.45) is 0 Å². The van der Waals surface area contributed by atoms with Gasteiger partial charge in [-0.05, 0) is 12.1 Å². The van der Waals surface area contributed by atoms with Gasteiger partial charge in [-0.3, -0.25) is 0 Å². The van der Waals surface area contributed by atoms with Crippen LogP contribution < -0.4 is 10.1 Å². The summed E-state index contributed by atoms with van der Waals surface area (Å²) in [6.45, 7) is 1.69. The molecule has 1 aliphatic heterocycles. The molecule has 1 aromatic carbocycles. The zero-order chi connectivity index (χ0) is 6.81. The molecule has 0 fully saturated rings. The van der Waals surface area contributed by atoms with E-state index in [1.807, 2.05) is 24.3 Å². The van der Waals surface area contributed by atoms with Crippen LogP contribution in [0.4, 0.5) is 5.69 Å². The first-order valence-electron chi connectivity index (χ1n) is 3.42. The number of rotatable bonds is 0. The normalized spacial score (nSPS) is 13.5. The average Bonchev–Trinajstić information content (AvgIpc) is 2.05. The van der Waals surface area contributed by atoms with Gasteiger partial charge in [-0.2, -0.15) is 0 Å². The molecule has 1 heterocycles. The van der Waals surface area contributed by atoms with Crippen molar-refractivity contribution in [1.29, 1.82) is 0 Å². The maximum atomic E-state index is 5.36. The van der Waals surface area contributed by atoms with Crippen molar-refractivity contribution in [2.45, 2.75) is 0 Å². The minimum atomic E-state index is 0. The van der Waals surface area contributed by atoms with Crippen LogP contribution in [0, 0.1) is 0 Å². The van der Waals surface area contributed by atoms with E-state index in [0.717, 1.165) is 24.6 Å². The number of hydrogen-bond donors (Lipinski definition) is 1. The van der Waals surface area contributed by atoms with E-state index >= 15 is 0 Å². The molecule has 60 valence electrons. The van der Waals surface area contributed by atoms with E-state index in [2.05, 4.69) is 5.32 Å². The predicted molar refractivity (Wildman–Crippen MR) is 47.7 cm³/mol. The van der Waals surface area contributed by atoms with Crippen molar-refractivity contribution in [2.75, 3.05) is 18.5 Å². The van der Waals surface area contributed by atoms with Crippen LogP contribution in [0.5, 0.6) is 5.75 Å². The molecule has 1 aliphatic rings. The standard InChI is InChI=1S/C8H9NO.ClH/c1-2-4-8-7(3-1)9-5-6-10-8;/h1-4,9H,5-6H2;1H. The number of para-hydroxylation sites is 2. The molecule has 0 spiro atoms. The van der Waals surface area contributed by atoms with Gasteiger partial charge in [-0.25, -0.2) is 0 Å². The average molecular weight is 172 g/mol. The Morgan fingerprint density at radius 2 is 2.09 bits per heavy atom. The predicted octanol–water partition coefficient (Wildman–Crippen LogP) is 1.91. The van der Waals surface area contributed by atoms with E-state index in [9.17, 15) is 0 Å². The highest BCUT2D eigenvalue weighted by molar-refractivity contribution is 5.85. The molecular weight excluding hydrogens is 162 g/mol. The van der Waals surface area contributed by atoms with Crippen LogP contribution in [-0.4, -0.2) is 13.2 Å². The Kier molecular flexibility index (Phi) is 2.60. The van der Waals surface area contributed by atoms with Crippen LogP contribution in [0.2, 0.25) is 0 Å². The van der Waals surface area contributed by atoms with Gasteiger partial charge in [-0.15, -0.1) is 12.4 Å². The van der Waals surface area contributed by atoms with Crippen LogP contribution in [0.15, 0.2) is 24.3 Å². The minimum Gasteiger partial charge on any atom is -0.490 e. The fourth-order valence-corrected chi connectivity index (χ4v) is 1.09. The van der Waals surface area contributed by atoms with Crippen molar-refractivity contribution >= 4 is 18.1 Å². The lowest BCUT2D eigenvalue weighted by Crippen LogP contribution is -2.17. The Hall–Kier alpha value is -0.890. The molecule has 0 aromatic heterocycles. The van der Waals surface area contributed by atoms with E-state index in [4.69, 9.17) is 4.74 Å². The largest absolute Gasteiger partial charge is 0.490 e. The third-order valence-corrected chi connectivity index (χ3v) is 1.56. The fourth-order valence-electron chi connectivity index (χ4n) is 1.09. The number of halogens is 1. The van der Waals surface area contributed by atoms with Gasteiger partial charge in [0.05, 0.1) is 5.69 Å². The smallest absolute Gasteiger partial charge is 0.142 e. The maximum absolute atomic E-state index is 5.36. The van der Waals surface area contributed by atoms with Gasteiger partial charge in [0, 0.05) is 6.54 Å². The molecule has 1 N–H and O–H groups in total. The van der Waals surface area contributed by atoms with Crippen LogP contribution in [0.25, 0.3) is 0 Å². The minimum absolute atomic E-state index is 0. The summed E-state index contributed by atoms with van der Waals surface area (Å²) in [6, 6.07) is 7.97. The fraction of sp³-hybridized carbons (Fsp3) is 0.250. The van der Waals surface area contributed by atoms with Crippen molar-refractivity contribution in [3.63, 3.8) is 0 Å². The third kappa shape index (κ3) is 1.57.